The van der Waals surface area contributed by atoms with Crippen LogP contribution in [0.3, 0.4) is 0 Å². The van der Waals surface area contributed by atoms with Crippen molar-refractivity contribution in [2.75, 3.05) is 4.72 Å². The van der Waals surface area contributed by atoms with Gasteiger partial charge in [-0.05, 0) is 42.5 Å². The third kappa shape index (κ3) is 3.87. The third-order valence-corrected chi connectivity index (χ3v) is 6.71. The van der Waals surface area contributed by atoms with E-state index in [1.807, 2.05) is 6.07 Å². The second-order valence-corrected chi connectivity index (χ2v) is 8.81. The Morgan fingerprint density at radius 3 is 2.48 bits per heavy atom. The number of nitrogens with zero attached hydrogens (tertiary/aromatic N) is 2. The van der Waals surface area contributed by atoms with Crippen molar-refractivity contribution in [2.45, 2.75) is 4.21 Å². The molecule has 6 nitrogen and oxygen atoms in total. The van der Waals surface area contributed by atoms with E-state index in [0.29, 0.717) is 22.1 Å². The van der Waals surface area contributed by atoms with Crippen LogP contribution in [0.2, 0.25) is 5.02 Å². The SMILES string of the molecule is O=S(=O)(Nc1ccccc1)c1cc(-c2nc(-c3ccc(Cl)cc3)no2)cs1. The van der Waals surface area contributed by atoms with Crippen molar-refractivity contribution in [3.63, 3.8) is 0 Å². The zero-order valence-electron chi connectivity index (χ0n) is 13.7. The number of hydrogen-bond acceptors (Lipinski definition) is 6. The highest BCUT2D eigenvalue weighted by molar-refractivity contribution is 7.94. The molecule has 0 aliphatic heterocycles. The standard InChI is InChI=1S/C18H12ClN3O3S2/c19-14-8-6-12(7-9-14)17-20-18(25-21-17)13-10-16(26-11-13)27(23,24)22-15-4-2-1-3-5-15/h1-11,22H. The van der Waals surface area contributed by atoms with Crippen LogP contribution in [0.4, 0.5) is 5.69 Å². The molecule has 0 spiro atoms. The van der Waals surface area contributed by atoms with Gasteiger partial charge < -0.3 is 4.52 Å². The predicted octanol–water partition coefficient (Wildman–Crippen LogP) is 4.92. The highest BCUT2D eigenvalue weighted by Crippen LogP contribution is 2.30. The Morgan fingerprint density at radius 1 is 1.00 bits per heavy atom. The Balaban J connectivity index is 1.58. The lowest BCUT2D eigenvalue weighted by atomic mass is 10.2. The summed E-state index contributed by atoms with van der Waals surface area (Å²) in [6.07, 6.45) is 0. The van der Waals surface area contributed by atoms with Gasteiger partial charge in [-0.3, -0.25) is 4.72 Å². The van der Waals surface area contributed by atoms with Gasteiger partial charge in [0.2, 0.25) is 5.82 Å². The molecule has 0 amide bonds. The van der Waals surface area contributed by atoms with E-state index in [0.717, 1.165) is 16.9 Å². The zero-order valence-corrected chi connectivity index (χ0v) is 16.1. The fourth-order valence-electron chi connectivity index (χ4n) is 2.34. The summed E-state index contributed by atoms with van der Waals surface area (Å²) in [5.41, 5.74) is 1.79. The number of thiophene rings is 1. The highest BCUT2D eigenvalue weighted by Gasteiger charge is 2.20. The molecule has 0 aliphatic rings. The van der Waals surface area contributed by atoms with Gasteiger partial charge in [0.15, 0.2) is 0 Å². The molecular formula is C18H12ClN3O3S2. The fourth-order valence-corrected chi connectivity index (χ4v) is 4.68. The maximum Gasteiger partial charge on any atom is 0.271 e. The molecule has 0 unspecified atom stereocenters. The van der Waals surface area contributed by atoms with E-state index >= 15 is 0 Å². The van der Waals surface area contributed by atoms with Gasteiger partial charge >= 0.3 is 0 Å². The molecule has 136 valence electrons. The van der Waals surface area contributed by atoms with E-state index < -0.39 is 10.0 Å². The number of para-hydroxylation sites is 1. The van der Waals surface area contributed by atoms with Gasteiger partial charge in [0, 0.05) is 21.7 Å². The van der Waals surface area contributed by atoms with Crippen LogP contribution in [0.25, 0.3) is 22.8 Å². The monoisotopic (exact) mass is 417 g/mol. The minimum atomic E-state index is -3.69. The summed E-state index contributed by atoms with van der Waals surface area (Å²) in [7, 11) is -3.69. The van der Waals surface area contributed by atoms with Crippen molar-refractivity contribution in [1.29, 1.82) is 0 Å². The second kappa shape index (κ2) is 7.15. The van der Waals surface area contributed by atoms with Crippen LogP contribution in [0, 0.1) is 0 Å². The Kier molecular flexibility index (Phi) is 4.69. The smallest absolute Gasteiger partial charge is 0.271 e. The normalized spacial score (nSPS) is 11.4. The Bertz CT molecular complexity index is 1170. The summed E-state index contributed by atoms with van der Waals surface area (Å²) in [4.78, 5) is 4.33. The number of sulfonamides is 1. The van der Waals surface area contributed by atoms with Crippen LogP contribution in [0.1, 0.15) is 0 Å². The third-order valence-electron chi connectivity index (χ3n) is 3.64. The van der Waals surface area contributed by atoms with Crippen molar-refractivity contribution >= 4 is 38.6 Å². The predicted molar refractivity (Wildman–Crippen MR) is 105 cm³/mol. The Morgan fingerprint density at radius 2 is 1.74 bits per heavy atom. The number of rotatable bonds is 5. The first-order valence-electron chi connectivity index (χ1n) is 7.78. The van der Waals surface area contributed by atoms with Crippen LogP contribution in [0.15, 0.2) is 74.8 Å². The van der Waals surface area contributed by atoms with E-state index in [-0.39, 0.29) is 10.1 Å². The van der Waals surface area contributed by atoms with Crippen molar-refractivity contribution in [3.05, 3.63) is 71.1 Å². The van der Waals surface area contributed by atoms with Gasteiger partial charge in [-0.2, -0.15) is 4.98 Å². The quantitative estimate of drug-likeness (QED) is 0.498. The summed E-state index contributed by atoms with van der Waals surface area (Å²) in [6.45, 7) is 0. The Labute approximate surface area is 164 Å². The second-order valence-electron chi connectivity index (χ2n) is 5.56. The van der Waals surface area contributed by atoms with E-state index in [1.54, 1.807) is 53.9 Å². The van der Waals surface area contributed by atoms with Gasteiger partial charge in [-0.1, -0.05) is 35.0 Å². The zero-order chi connectivity index (χ0) is 18.9. The van der Waals surface area contributed by atoms with Crippen LogP contribution in [0.5, 0.6) is 0 Å². The Hall–Kier alpha value is -2.68. The summed E-state index contributed by atoms with van der Waals surface area (Å²) in [5, 5.41) is 6.22. The summed E-state index contributed by atoms with van der Waals surface area (Å²) in [5.74, 6) is 0.650. The lowest BCUT2D eigenvalue weighted by molar-refractivity contribution is 0.432. The maximum absolute atomic E-state index is 12.5. The average molecular weight is 418 g/mol. The van der Waals surface area contributed by atoms with E-state index in [2.05, 4.69) is 14.9 Å². The summed E-state index contributed by atoms with van der Waals surface area (Å²) in [6, 6.07) is 17.2. The van der Waals surface area contributed by atoms with E-state index in [1.165, 1.54) is 6.07 Å². The minimum absolute atomic E-state index is 0.160. The molecule has 2 heterocycles. The molecule has 0 fully saturated rings. The fraction of sp³-hybridized carbons (Fsp3) is 0. The van der Waals surface area contributed by atoms with Gasteiger partial charge in [-0.15, -0.1) is 11.3 Å². The molecule has 0 saturated heterocycles. The lowest BCUT2D eigenvalue weighted by Gasteiger charge is -2.05. The van der Waals surface area contributed by atoms with E-state index in [9.17, 15) is 8.42 Å². The number of hydrogen-bond donors (Lipinski definition) is 1. The first-order valence-corrected chi connectivity index (χ1v) is 10.5. The number of benzene rings is 2. The number of halogens is 1. The molecule has 4 aromatic rings. The molecule has 1 N–H and O–H groups in total. The largest absolute Gasteiger partial charge is 0.334 e. The molecule has 2 aromatic carbocycles. The molecule has 0 saturated carbocycles. The number of anilines is 1. The first kappa shape index (κ1) is 17.7. The van der Waals surface area contributed by atoms with Crippen LogP contribution >= 0.6 is 22.9 Å². The van der Waals surface area contributed by atoms with Gasteiger partial charge in [0.05, 0.1) is 5.56 Å². The molecule has 0 radical (unpaired) electrons. The molecule has 0 aliphatic carbocycles. The van der Waals surface area contributed by atoms with Crippen molar-refractivity contribution in [1.82, 2.24) is 10.1 Å². The van der Waals surface area contributed by atoms with Gasteiger partial charge in [-0.25, -0.2) is 8.42 Å². The summed E-state index contributed by atoms with van der Waals surface area (Å²) >= 11 is 6.96. The molecule has 27 heavy (non-hydrogen) atoms. The number of aromatic nitrogens is 2. The molecule has 9 heteroatoms. The number of nitrogens with one attached hydrogen (secondary N) is 1. The summed E-state index contributed by atoms with van der Waals surface area (Å²) < 4.78 is 33.0. The van der Waals surface area contributed by atoms with Crippen LogP contribution < -0.4 is 4.72 Å². The molecule has 4 rings (SSSR count). The van der Waals surface area contributed by atoms with Gasteiger partial charge in [0.25, 0.3) is 15.9 Å². The molecule has 0 bridgehead atoms. The van der Waals surface area contributed by atoms with Crippen LogP contribution in [-0.2, 0) is 10.0 Å². The van der Waals surface area contributed by atoms with Crippen molar-refractivity contribution in [3.8, 4) is 22.8 Å². The molecular weight excluding hydrogens is 406 g/mol. The van der Waals surface area contributed by atoms with E-state index in [4.69, 9.17) is 16.1 Å². The maximum atomic E-state index is 12.5. The topological polar surface area (TPSA) is 85.1 Å². The van der Waals surface area contributed by atoms with Crippen molar-refractivity contribution < 1.29 is 12.9 Å². The van der Waals surface area contributed by atoms with Crippen molar-refractivity contribution in [2.24, 2.45) is 0 Å². The van der Waals surface area contributed by atoms with Crippen LogP contribution in [-0.4, -0.2) is 18.6 Å². The van der Waals surface area contributed by atoms with Gasteiger partial charge in [0.1, 0.15) is 4.21 Å². The molecule has 2 aromatic heterocycles. The minimum Gasteiger partial charge on any atom is -0.334 e. The molecule has 0 atom stereocenters. The highest BCUT2D eigenvalue weighted by atomic mass is 35.5. The lowest BCUT2D eigenvalue weighted by Crippen LogP contribution is -2.11. The first-order chi connectivity index (χ1) is 13.0. The average Bonchev–Trinajstić information content (AvgIpc) is 3.33.